The lowest BCUT2D eigenvalue weighted by molar-refractivity contribution is 0.140. The standard InChI is InChI=1S/C20H21ClN2O2S/c1-2-25-12-6-11-23-19(24)17-10-9-16(21)13-18(17)22-20(23)26-14-15-7-4-3-5-8-15/h3-5,7-10,13H,2,6,11-12,14H2,1H3. The van der Waals surface area contributed by atoms with E-state index in [-0.39, 0.29) is 5.56 Å². The number of rotatable bonds is 8. The van der Waals surface area contributed by atoms with Crippen LogP contribution in [0, 0.1) is 0 Å². The summed E-state index contributed by atoms with van der Waals surface area (Å²) in [6, 6.07) is 15.4. The van der Waals surface area contributed by atoms with Crippen molar-refractivity contribution in [3.63, 3.8) is 0 Å². The molecule has 0 aliphatic carbocycles. The van der Waals surface area contributed by atoms with E-state index in [4.69, 9.17) is 21.3 Å². The molecule has 0 radical (unpaired) electrons. The van der Waals surface area contributed by atoms with Gasteiger partial charge in [-0.05, 0) is 37.1 Å². The molecule has 0 aliphatic rings. The van der Waals surface area contributed by atoms with E-state index >= 15 is 0 Å². The van der Waals surface area contributed by atoms with Crippen molar-refractivity contribution >= 4 is 34.3 Å². The summed E-state index contributed by atoms with van der Waals surface area (Å²) in [7, 11) is 0. The zero-order valence-corrected chi connectivity index (χ0v) is 16.2. The zero-order chi connectivity index (χ0) is 18.4. The summed E-state index contributed by atoms with van der Waals surface area (Å²) in [5, 5.41) is 1.89. The van der Waals surface area contributed by atoms with Gasteiger partial charge < -0.3 is 4.74 Å². The number of hydrogen-bond donors (Lipinski definition) is 0. The first-order valence-corrected chi connectivity index (χ1v) is 10.00. The van der Waals surface area contributed by atoms with Crippen LogP contribution in [0.1, 0.15) is 18.9 Å². The number of benzene rings is 2. The molecule has 6 heteroatoms. The average Bonchev–Trinajstić information content (AvgIpc) is 2.65. The van der Waals surface area contributed by atoms with E-state index in [1.807, 2.05) is 25.1 Å². The third-order valence-electron chi connectivity index (χ3n) is 3.97. The number of hydrogen-bond acceptors (Lipinski definition) is 4. The third-order valence-corrected chi connectivity index (χ3v) is 5.25. The van der Waals surface area contributed by atoms with Crippen molar-refractivity contribution in [2.45, 2.75) is 30.8 Å². The predicted molar refractivity (Wildman–Crippen MR) is 108 cm³/mol. The molecule has 0 bridgehead atoms. The highest BCUT2D eigenvalue weighted by atomic mass is 35.5. The van der Waals surface area contributed by atoms with Gasteiger partial charge in [0.25, 0.3) is 5.56 Å². The van der Waals surface area contributed by atoms with Gasteiger partial charge in [-0.1, -0.05) is 53.7 Å². The highest BCUT2D eigenvalue weighted by Gasteiger charge is 2.12. The van der Waals surface area contributed by atoms with Crippen molar-refractivity contribution in [2.24, 2.45) is 0 Å². The predicted octanol–water partition coefficient (Wildman–Crippen LogP) is 4.77. The second-order valence-electron chi connectivity index (χ2n) is 5.84. The van der Waals surface area contributed by atoms with Crippen LogP contribution in [0.25, 0.3) is 10.9 Å². The number of thioether (sulfide) groups is 1. The summed E-state index contributed by atoms with van der Waals surface area (Å²) < 4.78 is 7.16. The SMILES string of the molecule is CCOCCCn1c(SCc2ccccc2)nc2cc(Cl)ccc2c1=O. The molecule has 4 nitrogen and oxygen atoms in total. The molecule has 1 heterocycles. The van der Waals surface area contributed by atoms with Crippen LogP contribution in [-0.2, 0) is 17.0 Å². The van der Waals surface area contributed by atoms with Gasteiger partial charge in [-0.3, -0.25) is 9.36 Å². The van der Waals surface area contributed by atoms with Crippen molar-refractivity contribution in [2.75, 3.05) is 13.2 Å². The lowest BCUT2D eigenvalue weighted by Crippen LogP contribution is -2.24. The van der Waals surface area contributed by atoms with E-state index < -0.39 is 0 Å². The Kier molecular flexibility index (Phi) is 6.72. The number of fused-ring (bicyclic) bond motifs is 1. The van der Waals surface area contributed by atoms with Gasteiger partial charge in [0, 0.05) is 30.5 Å². The summed E-state index contributed by atoms with van der Waals surface area (Å²) in [6.07, 6.45) is 0.771. The molecule has 3 rings (SSSR count). The quantitative estimate of drug-likeness (QED) is 0.317. The summed E-state index contributed by atoms with van der Waals surface area (Å²) in [6.45, 7) is 3.86. The van der Waals surface area contributed by atoms with Crippen LogP contribution in [0.15, 0.2) is 58.5 Å². The molecule has 26 heavy (non-hydrogen) atoms. The normalized spacial score (nSPS) is 11.2. The lowest BCUT2D eigenvalue weighted by atomic mass is 10.2. The van der Waals surface area contributed by atoms with Crippen molar-refractivity contribution < 1.29 is 4.74 Å². The smallest absolute Gasteiger partial charge is 0.262 e. The maximum absolute atomic E-state index is 13.0. The lowest BCUT2D eigenvalue weighted by Gasteiger charge is -2.13. The molecule has 0 saturated carbocycles. The van der Waals surface area contributed by atoms with E-state index in [0.717, 1.165) is 12.2 Å². The fourth-order valence-electron chi connectivity index (χ4n) is 2.67. The maximum Gasteiger partial charge on any atom is 0.262 e. The molecule has 0 N–H and O–H groups in total. The van der Waals surface area contributed by atoms with Gasteiger partial charge in [-0.15, -0.1) is 0 Å². The minimum atomic E-state index is -0.0290. The maximum atomic E-state index is 13.0. The molecule has 0 saturated heterocycles. The first-order valence-electron chi connectivity index (χ1n) is 8.63. The van der Waals surface area contributed by atoms with Crippen molar-refractivity contribution in [3.8, 4) is 0 Å². The Morgan fingerprint density at radius 3 is 2.77 bits per heavy atom. The van der Waals surface area contributed by atoms with Crippen molar-refractivity contribution in [1.29, 1.82) is 0 Å². The molecule has 0 unspecified atom stereocenters. The molecular weight excluding hydrogens is 368 g/mol. The molecule has 0 amide bonds. The van der Waals surface area contributed by atoms with Crippen molar-refractivity contribution in [3.05, 3.63) is 69.5 Å². The van der Waals surface area contributed by atoms with Gasteiger partial charge in [0.05, 0.1) is 10.9 Å². The van der Waals surface area contributed by atoms with E-state index in [1.165, 1.54) is 5.56 Å². The summed E-state index contributed by atoms with van der Waals surface area (Å²) >= 11 is 7.65. The third kappa shape index (κ3) is 4.67. The molecule has 0 fully saturated rings. The Labute approximate surface area is 162 Å². The highest BCUT2D eigenvalue weighted by Crippen LogP contribution is 2.23. The second-order valence-corrected chi connectivity index (χ2v) is 7.22. The summed E-state index contributed by atoms with van der Waals surface area (Å²) in [4.78, 5) is 17.7. The molecule has 0 atom stereocenters. The van der Waals surface area contributed by atoms with Crippen LogP contribution in [-0.4, -0.2) is 22.8 Å². The Morgan fingerprint density at radius 1 is 1.19 bits per heavy atom. The van der Waals surface area contributed by atoms with Crippen LogP contribution in [0.2, 0.25) is 5.02 Å². The Morgan fingerprint density at radius 2 is 2.00 bits per heavy atom. The number of halogens is 1. The van der Waals surface area contributed by atoms with E-state index in [0.29, 0.717) is 40.8 Å². The van der Waals surface area contributed by atoms with Gasteiger partial charge >= 0.3 is 0 Å². The monoisotopic (exact) mass is 388 g/mol. The van der Waals surface area contributed by atoms with Gasteiger partial charge in [0.2, 0.25) is 0 Å². The number of ether oxygens (including phenoxy) is 1. The first-order chi connectivity index (χ1) is 12.7. The van der Waals surface area contributed by atoms with Crippen molar-refractivity contribution in [1.82, 2.24) is 9.55 Å². The zero-order valence-electron chi connectivity index (χ0n) is 14.7. The Bertz CT molecular complexity index is 928. The van der Waals surface area contributed by atoms with E-state index in [2.05, 4.69) is 12.1 Å². The van der Waals surface area contributed by atoms with Crippen LogP contribution in [0.3, 0.4) is 0 Å². The largest absolute Gasteiger partial charge is 0.382 e. The van der Waals surface area contributed by atoms with Crippen LogP contribution < -0.4 is 5.56 Å². The molecule has 0 aliphatic heterocycles. The van der Waals surface area contributed by atoms with E-state index in [9.17, 15) is 4.79 Å². The molecule has 136 valence electrons. The van der Waals surface area contributed by atoms with E-state index in [1.54, 1.807) is 34.5 Å². The molecule has 0 spiro atoms. The first kappa shape index (κ1) is 19.0. The van der Waals surface area contributed by atoms with Crippen LogP contribution >= 0.6 is 23.4 Å². The topological polar surface area (TPSA) is 44.1 Å². The summed E-state index contributed by atoms with van der Waals surface area (Å²) in [5.74, 6) is 0.755. The molecule has 2 aromatic carbocycles. The average molecular weight is 389 g/mol. The van der Waals surface area contributed by atoms with Gasteiger partial charge in [0.1, 0.15) is 0 Å². The summed E-state index contributed by atoms with van der Waals surface area (Å²) in [5.41, 5.74) is 1.80. The Hall–Kier alpha value is -1.82. The highest BCUT2D eigenvalue weighted by molar-refractivity contribution is 7.98. The number of aromatic nitrogens is 2. The van der Waals surface area contributed by atoms with Crippen LogP contribution in [0.4, 0.5) is 0 Å². The minimum absolute atomic E-state index is 0.0290. The van der Waals surface area contributed by atoms with Gasteiger partial charge in [0.15, 0.2) is 5.16 Å². The fraction of sp³-hybridized carbons (Fsp3) is 0.300. The fourth-order valence-corrected chi connectivity index (χ4v) is 3.82. The molecule has 3 aromatic rings. The number of nitrogens with zero attached hydrogens (tertiary/aromatic N) is 2. The second kappa shape index (κ2) is 9.21. The van der Waals surface area contributed by atoms with Crippen LogP contribution in [0.5, 0.6) is 0 Å². The molecule has 1 aromatic heterocycles. The Balaban J connectivity index is 1.92. The van der Waals surface area contributed by atoms with Gasteiger partial charge in [-0.25, -0.2) is 4.98 Å². The van der Waals surface area contributed by atoms with Gasteiger partial charge in [-0.2, -0.15) is 0 Å². The minimum Gasteiger partial charge on any atom is -0.382 e. The molecular formula is C20H21ClN2O2S.